The van der Waals surface area contributed by atoms with Gasteiger partial charge in [-0.05, 0) is 68.0 Å². The van der Waals surface area contributed by atoms with Crippen LogP contribution >= 0.6 is 0 Å². The first kappa shape index (κ1) is 16.5. The zero-order chi connectivity index (χ0) is 18.5. The molecule has 0 unspecified atom stereocenters. The summed E-state index contributed by atoms with van der Waals surface area (Å²) in [6.07, 6.45) is 4.40. The molecule has 1 aliphatic carbocycles. The Hall–Kier alpha value is -2.66. The number of pyridine rings is 1. The van der Waals surface area contributed by atoms with Gasteiger partial charge in [0, 0.05) is 36.2 Å². The largest absolute Gasteiger partial charge is 0.305 e. The molecule has 27 heavy (non-hydrogen) atoms. The third-order valence-electron chi connectivity index (χ3n) is 5.79. The molecule has 1 N–H and O–H groups in total. The van der Waals surface area contributed by atoms with E-state index in [1.807, 2.05) is 29.1 Å². The minimum atomic E-state index is 0.0711. The van der Waals surface area contributed by atoms with Crippen molar-refractivity contribution in [2.24, 2.45) is 0 Å². The highest BCUT2D eigenvalue weighted by Gasteiger charge is 2.40. The van der Waals surface area contributed by atoms with Crippen LogP contribution in [0.4, 0.5) is 5.69 Å². The lowest BCUT2D eigenvalue weighted by atomic mass is 10.0. The van der Waals surface area contributed by atoms with Crippen LogP contribution in [0, 0.1) is 6.92 Å². The van der Waals surface area contributed by atoms with Crippen molar-refractivity contribution in [1.82, 2.24) is 15.4 Å². The Bertz CT molecular complexity index is 930. The average molecular weight is 360 g/mol. The van der Waals surface area contributed by atoms with E-state index in [0.717, 1.165) is 34.1 Å². The molecule has 3 heterocycles. The highest BCUT2D eigenvalue weighted by atomic mass is 16.2. The number of aromatic nitrogens is 1. The van der Waals surface area contributed by atoms with Crippen molar-refractivity contribution in [3.63, 3.8) is 0 Å². The molecule has 0 spiro atoms. The Morgan fingerprint density at radius 2 is 1.93 bits per heavy atom. The normalized spacial score (nSPS) is 22.4. The Labute approximate surface area is 159 Å². The molecule has 3 aliphatic rings. The van der Waals surface area contributed by atoms with Crippen LogP contribution in [0.5, 0.6) is 0 Å². The van der Waals surface area contributed by atoms with Crippen LogP contribution in [0.15, 0.2) is 48.3 Å². The maximum atomic E-state index is 13.4. The van der Waals surface area contributed by atoms with Gasteiger partial charge in [0.25, 0.3) is 5.91 Å². The summed E-state index contributed by atoms with van der Waals surface area (Å²) in [6.45, 7) is 5.49. The fourth-order valence-electron chi connectivity index (χ4n) is 4.18. The molecule has 1 aromatic heterocycles. The molecule has 5 heteroatoms. The molecule has 138 valence electrons. The third kappa shape index (κ3) is 2.82. The SMILES string of the molecule is Cc1cc(C2=C3C(=O)N(c4ccc(C5CC5)cc4)C[C@H](C)N3NC2)ccn1. The van der Waals surface area contributed by atoms with Gasteiger partial charge < -0.3 is 4.90 Å². The number of carbonyl (C=O) groups excluding carboxylic acids is 1. The standard InChI is InChI=1S/C22H24N4O/c1-14-11-18(9-10-23-14)20-12-24-26-15(2)13-25(22(27)21(20)26)19-7-5-17(6-8-19)16-3-4-16/h5-11,15-16,24H,3-4,12-13H2,1-2H3/t15-/m0/s1. The summed E-state index contributed by atoms with van der Waals surface area (Å²) >= 11 is 0. The second-order valence-corrected chi connectivity index (χ2v) is 7.85. The maximum absolute atomic E-state index is 13.4. The van der Waals surface area contributed by atoms with Gasteiger partial charge in [0.1, 0.15) is 5.70 Å². The molecule has 1 aromatic carbocycles. The summed E-state index contributed by atoms with van der Waals surface area (Å²) in [6, 6.07) is 12.8. The van der Waals surface area contributed by atoms with Crippen molar-refractivity contribution in [1.29, 1.82) is 0 Å². The Balaban J connectivity index is 1.52. The van der Waals surface area contributed by atoms with E-state index in [4.69, 9.17) is 0 Å². The minimum Gasteiger partial charge on any atom is -0.305 e. The molecule has 2 aliphatic heterocycles. The van der Waals surface area contributed by atoms with Crippen molar-refractivity contribution in [3.05, 3.63) is 65.1 Å². The van der Waals surface area contributed by atoms with E-state index in [1.54, 1.807) is 0 Å². The molecule has 1 saturated heterocycles. The number of nitrogens with one attached hydrogen (secondary N) is 1. The topological polar surface area (TPSA) is 48.5 Å². The van der Waals surface area contributed by atoms with Gasteiger partial charge in [-0.1, -0.05) is 12.1 Å². The molecule has 5 rings (SSSR count). The molecule has 0 radical (unpaired) electrons. The number of aryl methyl sites for hydroxylation is 1. The minimum absolute atomic E-state index is 0.0711. The molecule has 1 atom stereocenters. The van der Waals surface area contributed by atoms with Gasteiger partial charge >= 0.3 is 0 Å². The number of hydrazine groups is 1. The molecule has 1 saturated carbocycles. The predicted octanol–water partition coefficient (Wildman–Crippen LogP) is 3.23. The van der Waals surface area contributed by atoms with Crippen LogP contribution in [0.2, 0.25) is 0 Å². The van der Waals surface area contributed by atoms with E-state index in [-0.39, 0.29) is 11.9 Å². The van der Waals surface area contributed by atoms with Gasteiger partial charge in [0.15, 0.2) is 0 Å². The molecular formula is C22H24N4O. The number of amides is 1. The van der Waals surface area contributed by atoms with Crippen LogP contribution in [-0.4, -0.2) is 35.0 Å². The summed E-state index contributed by atoms with van der Waals surface area (Å²) in [7, 11) is 0. The summed E-state index contributed by atoms with van der Waals surface area (Å²) < 4.78 is 0. The van der Waals surface area contributed by atoms with Crippen LogP contribution in [0.3, 0.4) is 0 Å². The third-order valence-corrected chi connectivity index (χ3v) is 5.79. The molecule has 2 fully saturated rings. The van der Waals surface area contributed by atoms with E-state index in [1.165, 1.54) is 18.4 Å². The lowest BCUT2D eigenvalue weighted by Crippen LogP contribution is -2.55. The summed E-state index contributed by atoms with van der Waals surface area (Å²) in [5, 5.41) is 2.04. The lowest BCUT2D eigenvalue weighted by molar-refractivity contribution is -0.118. The van der Waals surface area contributed by atoms with Crippen molar-refractivity contribution in [2.45, 2.75) is 38.6 Å². The fourth-order valence-corrected chi connectivity index (χ4v) is 4.18. The lowest BCUT2D eigenvalue weighted by Gasteiger charge is -2.39. The zero-order valence-corrected chi connectivity index (χ0v) is 15.8. The summed E-state index contributed by atoms with van der Waals surface area (Å²) in [5.74, 6) is 0.801. The number of anilines is 1. The van der Waals surface area contributed by atoms with Crippen molar-refractivity contribution < 1.29 is 4.79 Å². The van der Waals surface area contributed by atoms with Crippen molar-refractivity contribution in [3.8, 4) is 0 Å². The predicted molar refractivity (Wildman–Crippen MR) is 106 cm³/mol. The molecular weight excluding hydrogens is 336 g/mol. The Kier molecular flexibility index (Phi) is 3.79. The first-order valence-corrected chi connectivity index (χ1v) is 9.72. The van der Waals surface area contributed by atoms with Gasteiger partial charge in [0.2, 0.25) is 0 Å². The number of nitrogens with zero attached hydrogens (tertiary/aromatic N) is 3. The number of hydrogen-bond acceptors (Lipinski definition) is 4. The second kappa shape index (κ2) is 6.20. The molecule has 1 amide bonds. The first-order valence-electron chi connectivity index (χ1n) is 9.72. The van der Waals surface area contributed by atoms with Gasteiger partial charge in [0.05, 0.1) is 6.04 Å². The number of hydrogen-bond donors (Lipinski definition) is 1. The quantitative estimate of drug-likeness (QED) is 0.913. The van der Waals surface area contributed by atoms with Crippen LogP contribution in [-0.2, 0) is 4.79 Å². The smallest absolute Gasteiger partial charge is 0.276 e. The maximum Gasteiger partial charge on any atom is 0.276 e. The van der Waals surface area contributed by atoms with E-state index < -0.39 is 0 Å². The van der Waals surface area contributed by atoms with E-state index in [0.29, 0.717) is 13.1 Å². The Morgan fingerprint density at radius 3 is 2.63 bits per heavy atom. The molecule has 0 bridgehead atoms. The van der Waals surface area contributed by atoms with Gasteiger partial charge in [-0.2, -0.15) is 0 Å². The van der Waals surface area contributed by atoms with E-state index in [9.17, 15) is 4.79 Å². The van der Waals surface area contributed by atoms with Crippen LogP contribution in [0.25, 0.3) is 5.57 Å². The van der Waals surface area contributed by atoms with Crippen molar-refractivity contribution in [2.75, 3.05) is 18.0 Å². The monoisotopic (exact) mass is 360 g/mol. The number of piperazine rings is 1. The van der Waals surface area contributed by atoms with Gasteiger partial charge in [-0.25, -0.2) is 5.43 Å². The fraction of sp³-hybridized carbons (Fsp3) is 0.364. The number of carbonyl (C=O) groups is 1. The summed E-state index contributed by atoms with van der Waals surface area (Å²) in [4.78, 5) is 19.6. The van der Waals surface area contributed by atoms with E-state index in [2.05, 4.69) is 47.7 Å². The highest BCUT2D eigenvalue weighted by molar-refractivity contribution is 6.11. The van der Waals surface area contributed by atoms with Crippen LogP contribution < -0.4 is 10.3 Å². The van der Waals surface area contributed by atoms with Crippen molar-refractivity contribution >= 4 is 17.2 Å². The number of rotatable bonds is 3. The van der Waals surface area contributed by atoms with Gasteiger partial charge in [-0.15, -0.1) is 0 Å². The number of fused-ring (bicyclic) bond motifs is 1. The second-order valence-electron chi connectivity index (χ2n) is 7.85. The first-order chi connectivity index (χ1) is 13.1. The van der Waals surface area contributed by atoms with Crippen LogP contribution in [0.1, 0.15) is 42.5 Å². The van der Waals surface area contributed by atoms with E-state index >= 15 is 0 Å². The number of benzene rings is 1. The van der Waals surface area contributed by atoms with Gasteiger partial charge in [-0.3, -0.25) is 14.8 Å². The highest BCUT2D eigenvalue weighted by Crippen LogP contribution is 2.41. The zero-order valence-electron chi connectivity index (χ0n) is 15.8. The molecule has 2 aromatic rings. The summed E-state index contributed by atoms with van der Waals surface area (Å²) in [5.41, 5.74) is 9.64. The average Bonchev–Trinajstić information content (AvgIpc) is 3.42. The molecule has 5 nitrogen and oxygen atoms in total. The Morgan fingerprint density at radius 1 is 1.15 bits per heavy atom.